The number of benzene rings is 1. The predicted molar refractivity (Wildman–Crippen MR) is 73.5 cm³/mol. The Morgan fingerprint density at radius 3 is 3.10 bits per heavy atom. The summed E-state index contributed by atoms with van der Waals surface area (Å²) in [6.07, 6.45) is 1.65. The number of phenolic OH excluding ortho intramolecular Hbond substituents is 1. The standard InChI is InChI=1S/C13H12N6O/c1-9(10-3-2-4-11(20)7-10)15-16-12-5-6-13-17-14-8-19(13)18-12/h2-8H,1H3,(H2,16,18,20)/p+1. The Morgan fingerprint density at radius 2 is 2.25 bits per heavy atom. The highest BCUT2D eigenvalue weighted by molar-refractivity contribution is 5.99. The number of hydrogen-bond donors (Lipinski definition) is 3. The van der Waals surface area contributed by atoms with Crippen molar-refractivity contribution in [2.24, 2.45) is 5.10 Å². The summed E-state index contributed by atoms with van der Waals surface area (Å²) in [5, 5.41) is 24.7. The number of rotatable bonds is 3. The molecule has 0 bridgehead atoms. The average molecular weight is 269 g/mol. The monoisotopic (exact) mass is 269 g/mol. The topological polar surface area (TPSA) is 90.3 Å². The van der Waals surface area contributed by atoms with E-state index in [9.17, 15) is 5.11 Å². The third-order valence-electron chi connectivity index (χ3n) is 2.80. The number of fused-ring (bicyclic) bond motifs is 1. The molecule has 0 spiro atoms. The quantitative estimate of drug-likeness (QED) is 0.377. The molecule has 0 aliphatic carbocycles. The lowest BCUT2D eigenvalue weighted by atomic mass is 10.1. The summed E-state index contributed by atoms with van der Waals surface area (Å²) >= 11 is 0. The van der Waals surface area contributed by atoms with Crippen LogP contribution in [0.5, 0.6) is 5.75 Å². The van der Waals surface area contributed by atoms with Crippen LogP contribution in [0.3, 0.4) is 0 Å². The van der Waals surface area contributed by atoms with E-state index in [1.165, 1.54) is 0 Å². The van der Waals surface area contributed by atoms with Crippen LogP contribution in [-0.4, -0.2) is 26.1 Å². The Balaban J connectivity index is 1.82. The van der Waals surface area contributed by atoms with Gasteiger partial charge in [-0.3, -0.25) is 5.43 Å². The van der Waals surface area contributed by atoms with E-state index in [1.54, 1.807) is 35.1 Å². The Hall–Kier alpha value is -2.96. The Labute approximate surface area is 114 Å². The lowest BCUT2D eigenvalue weighted by molar-refractivity contribution is -0.579. The highest BCUT2D eigenvalue weighted by Crippen LogP contribution is 2.12. The van der Waals surface area contributed by atoms with E-state index in [4.69, 9.17) is 0 Å². The number of hydrazone groups is 1. The third-order valence-corrected chi connectivity index (χ3v) is 2.80. The lowest BCUT2D eigenvalue weighted by Gasteiger charge is -2.02. The predicted octanol–water partition coefficient (Wildman–Crippen LogP) is 1.09. The van der Waals surface area contributed by atoms with Crippen LogP contribution in [0, 0.1) is 0 Å². The zero-order valence-corrected chi connectivity index (χ0v) is 10.8. The van der Waals surface area contributed by atoms with Gasteiger partial charge in [-0.25, -0.2) is 0 Å². The van der Waals surface area contributed by atoms with Crippen LogP contribution in [0.4, 0.5) is 5.82 Å². The minimum Gasteiger partial charge on any atom is -0.508 e. The number of H-pyrrole nitrogens is 1. The Kier molecular flexibility index (Phi) is 3.00. The number of aromatic amines is 1. The molecule has 0 atom stereocenters. The highest BCUT2D eigenvalue weighted by Gasteiger charge is 2.05. The molecule has 7 nitrogen and oxygen atoms in total. The highest BCUT2D eigenvalue weighted by atomic mass is 16.3. The number of aromatic hydroxyl groups is 1. The molecule has 3 rings (SSSR count). The molecule has 7 heteroatoms. The molecule has 0 saturated heterocycles. The first-order chi connectivity index (χ1) is 9.72. The van der Waals surface area contributed by atoms with Gasteiger partial charge in [0.15, 0.2) is 5.82 Å². The van der Waals surface area contributed by atoms with Crippen molar-refractivity contribution in [1.29, 1.82) is 0 Å². The van der Waals surface area contributed by atoms with Gasteiger partial charge in [-0.1, -0.05) is 17.2 Å². The molecule has 0 radical (unpaired) electrons. The van der Waals surface area contributed by atoms with Crippen molar-refractivity contribution >= 4 is 17.2 Å². The van der Waals surface area contributed by atoms with E-state index in [-0.39, 0.29) is 5.75 Å². The average Bonchev–Trinajstić information content (AvgIpc) is 2.92. The summed E-state index contributed by atoms with van der Waals surface area (Å²) in [6, 6.07) is 10.5. The molecule has 100 valence electrons. The van der Waals surface area contributed by atoms with E-state index >= 15 is 0 Å². The molecule has 0 aliphatic rings. The van der Waals surface area contributed by atoms with Crippen LogP contribution >= 0.6 is 0 Å². The molecule has 2 heterocycles. The van der Waals surface area contributed by atoms with Crippen molar-refractivity contribution in [3.05, 3.63) is 48.3 Å². The molecule has 3 aromatic rings. The van der Waals surface area contributed by atoms with Crippen LogP contribution in [0.1, 0.15) is 12.5 Å². The van der Waals surface area contributed by atoms with Gasteiger partial charge in [0.05, 0.1) is 5.71 Å². The second kappa shape index (κ2) is 4.96. The molecule has 1 aromatic carbocycles. The van der Waals surface area contributed by atoms with Gasteiger partial charge in [0.2, 0.25) is 6.33 Å². The van der Waals surface area contributed by atoms with Gasteiger partial charge in [0.25, 0.3) is 0 Å². The zero-order valence-electron chi connectivity index (χ0n) is 10.8. The first kappa shape index (κ1) is 12.1. The van der Waals surface area contributed by atoms with E-state index in [1.807, 2.05) is 19.1 Å². The molecule has 0 saturated carbocycles. The summed E-state index contributed by atoms with van der Waals surface area (Å²) in [5.74, 6) is 0.814. The fourth-order valence-corrected chi connectivity index (χ4v) is 1.76. The molecule has 3 N–H and O–H groups in total. The first-order valence-electron chi connectivity index (χ1n) is 6.04. The maximum Gasteiger partial charge on any atom is 0.325 e. The summed E-state index contributed by atoms with van der Waals surface area (Å²) < 4.78 is 1.61. The fraction of sp³-hybridized carbons (Fsp3) is 0.0769. The Bertz CT molecular complexity index is 779. The van der Waals surface area contributed by atoms with E-state index < -0.39 is 0 Å². The first-order valence-corrected chi connectivity index (χ1v) is 6.04. The maximum absolute atomic E-state index is 9.44. The summed E-state index contributed by atoms with van der Waals surface area (Å²) in [7, 11) is 0. The lowest BCUT2D eigenvalue weighted by Crippen LogP contribution is -2.24. The zero-order chi connectivity index (χ0) is 13.9. The van der Waals surface area contributed by atoms with Crippen molar-refractivity contribution in [2.75, 3.05) is 5.43 Å². The van der Waals surface area contributed by atoms with Gasteiger partial charge in [0, 0.05) is 16.7 Å². The van der Waals surface area contributed by atoms with Crippen molar-refractivity contribution in [2.45, 2.75) is 6.92 Å². The van der Waals surface area contributed by atoms with Gasteiger partial charge >= 0.3 is 5.65 Å². The number of hydrogen-bond acceptors (Lipinski definition) is 5. The normalized spacial score (nSPS) is 11.8. The number of nitrogens with zero attached hydrogens (tertiary/aromatic N) is 4. The van der Waals surface area contributed by atoms with Crippen LogP contribution < -0.4 is 9.94 Å². The second-order valence-electron chi connectivity index (χ2n) is 4.25. The minimum atomic E-state index is 0.213. The van der Waals surface area contributed by atoms with Gasteiger partial charge in [-0.2, -0.15) is 5.10 Å². The summed E-state index contributed by atoms with van der Waals surface area (Å²) in [4.78, 5) is 0. The summed E-state index contributed by atoms with van der Waals surface area (Å²) in [5.41, 5.74) is 5.20. The molecule has 20 heavy (non-hydrogen) atoms. The van der Waals surface area contributed by atoms with Crippen LogP contribution in [0.15, 0.2) is 47.8 Å². The van der Waals surface area contributed by atoms with E-state index in [2.05, 4.69) is 25.8 Å². The van der Waals surface area contributed by atoms with Crippen molar-refractivity contribution in [3.63, 3.8) is 0 Å². The second-order valence-corrected chi connectivity index (χ2v) is 4.25. The van der Waals surface area contributed by atoms with Crippen molar-refractivity contribution in [3.8, 4) is 5.75 Å². The number of nitrogens with one attached hydrogen (secondary N) is 2. The molecule has 0 aliphatic heterocycles. The molecule has 0 amide bonds. The fourth-order valence-electron chi connectivity index (χ4n) is 1.76. The van der Waals surface area contributed by atoms with Crippen molar-refractivity contribution in [1.82, 2.24) is 15.3 Å². The molecular formula is C13H13N6O+. The van der Waals surface area contributed by atoms with Crippen LogP contribution in [0.2, 0.25) is 0 Å². The van der Waals surface area contributed by atoms with Crippen LogP contribution in [-0.2, 0) is 0 Å². The van der Waals surface area contributed by atoms with Gasteiger partial charge in [-0.05, 0) is 25.1 Å². The van der Waals surface area contributed by atoms with Crippen molar-refractivity contribution < 1.29 is 9.62 Å². The van der Waals surface area contributed by atoms with Gasteiger partial charge < -0.3 is 5.11 Å². The van der Waals surface area contributed by atoms with E-state index in [0.717, 1.165) is 16.9 Å². The van der Waals surface area contributed by atoms with Gasteiger partial charge in [0.1, 0.15) is 5.75 Å². The number of anilines is 1. The van der Waals surface area contributed by atoms with Crippen LogP contribution in [0.25, 0.3) is 5.65 Å². The SMILES string of the molecule is CC(=NNc1ccc2n[nH]c[n+]2n1)c1cccc(O)c1. The third kappa shape index (κ3) is 2.41. The molecule has 2 aromatic heterocycles. The van der Waals surface area contributed by atoms with E-state index in [0.29, 0.717) is 5.82 Å². The maximum atomic E-state index is 9.44. The Morgan fingerprint density at radius 1 is 1.35 bits per heavy atom. The molecular weight excluding hydrogens is 256 g/mol. The van der Waals surface area contributed by atoms with Gasteiger partial charge in [-0.15, -0.1) is 9.61 Å². The smallest absolute Gasteiger partial charge is 0.325 e. The minimum absolute atomic E-state index is 0.213. The summed E-state index contributed by atoms with van der Waals surface area (Å²) in [6.45, 7) is 1.85. The largest absolute Gasteiger partial charge is 0.508 e. The molecule has 0 fully saturated rings. The molecule has 0 unspecified atom stereocenters. The number of aromatic nitrogens is 4. The number of phenols is 1.